The summed E-state index contributed by atoms with van der Waals surface area (Å²) in [4.78, 5) is 2.12. The molecule has 1 aromatic carbocycles. The molecular formula is C13H19ClN2O4S. The highest BCUT2D eigenvalue weighted by atomic mass is 35.5. The number of hydrogen-bond donors (Lipinski definition) is 2. The molecule has 1 aromatic rings. The second-order valence-electron chi connectivity index (χ2n) is 5.14. The SMILES string of the molecule is Cl.O=S(=O)(O)C1CC(N2CCNCC2)Oc2ccccc21. The Kier molecular flexibility index (Phi) is 5.11. The van der Waals surface area contributed by atoms with E-state index in [2.05, 4.69) is 10.2 Å². The molecule has 3 rings (SSSR count). The maximum Gasteiger partial charge on any atom is 0.272 e. The number of fused-ring (bicyclic) bond motifs is 1. The summed E-state index contributed by atoms with van der Waals surface area (Å²) in [7, 11) is -4.13. The minimum absolute atomic E-state index is 0. The molecule has 2 aliphatic heterocycles. The van der Waals surface area contributed by atoms with Gasteiger partial charge in [-0.15, -0.1) is 12.4 Å². The lowest BCUT2D eigenvalue weighted by molar-refractivity contribution is 0.000545. The first-order valence-electron chi connectivity index (χ1n) is 6.72. The third kappa shape index (κ3) is 3.49. The van der Waals surface area contributed by atoms with E-state index in [4.69, 9.17) is 4.74 Å². The fraction of sp³-hybridized carbons (Fsp3) is 0.538. The van der Waals surface area contributed by atoms with Crippen LogP contribution in [0, 0.1) is 0 Å². The number of benzene rings is 1. The van der Waals surface area contributed by atoms with Crippen molar-refractivity contribution in [1.29, 1.82) is 0 Å². The van der Waals surface area contributed by atoms with E-state index in [1.807, 2.05) is 0 Å². The van der Waals surface area contributed by atoms with Crippen LogP contribution in [0.25, 0.3) is 0 Å². The predicted molar refractivity (Wildman–Crippen MR) is 81.5 cm³/mol. The Balaban J connectivity index is 0.00000161. The van der Waals surface area contributed by atoms with E-state index in [0.717, 1.165) is 26.2 Å². The smallest absolute Gasteiger partial charge is 0.272 e. The Morgan fingerprint density at radius 1 is 1.24 bits per heavy atom. The van der Waals surface area contributed by atoms with Crippen molar-refractivity contribution in [2.24, 2.45) is 0 Å². The topological polar surface area (TPSA) is 78.9 Å². The van der Waals surface area contributed by atoms with Gasteiger partial charge in [-0.25, -0.2) is 0 Å². The van der Waals surface area contributed by atoms with Crippen LogP contribution in [0.3, 0.4) is 0 Å². The molecule has 0 saturated carbocycles. The minimum atomic E-state index is -4.13. The van der Waals surface area contributed by atoms with Crippen LogP contribution in [0.2, 0.25) is 0 Å². The van der Waals surface area contributed by atoms with E-state index < -0.39 is 15.4 Å². The van der Waals surface area contributed by atoms with Crippen LogP contribution in [-0.4, -0.2) is 50.3 Å². The van der Waals surface area contributed by atoms with Gasteiger partial charge < -0.3 is 10.1 Å². The number of piperazine rings is 1. The summed E-state index contributed by atoms with van der Waals surface area (Å²) in [6.07, 6.45) is -0.0468. The molecule has 0 spiro atoms. The molecule has 0 aliphatic carbocycles. The van der Waals surface area contributed by atoms with E-state index in [-0.39, 0.29) is 25.1 Å². The Hall–Kier alpha value is -0.860. The van der Waals surface area contributed by atoms with Crippen LogP contribution in [0.4, 0.5) is 0 Å². The van der Waals surface area contributed by atoms with Gasteiger partial charge in [0.25, 0.3) is 10.1 Å². The van der Waals surface area contributed by atoms with Gasteiger partial charge in [0.1, 0.15) is 11.0 Å². The zero-order valence-corrected chi connectivity index (χ0v) is 13.1. The van der Waals surface area contributed by atoms with E-state index in [9.17, 15) is 13.0 Å². The average molecular weight is 335 g/mol. The molecule has 6 nitrogen and oxygen atoms in total. The van der Waals surface area contributed by atoms with Crippen molar-refractivity contribution in [3.63, 3.8) is 0 Å². The van der Waals surface area contributed by atoms with Gasteiger partial charge in [0.05, 0.1) is 0 Å². The third-order valence-corrected chi connectivity index (χ3v) is 5.03. The number of ether oxygens (including phenoxy) is 1. The van der Waals surface area contributed by atoms with Gasteiger partial charge >= 0.3 is 0 Å². The lowest BCUT2D eigenvalue weighted by Crippen LogP contribution is -2.52. The summed E-state index contributed by atoms with van der Waals surface area (Å²) >= 11 is 0. The zero-order chi connectivity index (χ0) is 14.2. The highest BCUT2D eigenvalue weighted by Crippen LogP contribution is 2.39. The Morgan fingerprint density at radius 2 is 1.90 bits per heavy atom. The monoisotopic (exact) mass is 334 g/mol. The summed E-state index contributed by atoms with van der Waals surface area (Å²) in [6.45, 7) is 3.34. The van der Waals surface area contributed by atoms with Crippen molar-refractivity contribution in [1.82, 2.24) is 10.2 Å². The van der Waals surface area contributed by atoms with Crippen molar-refractivity contribution < 1.29 is 17.7 Å². The Labute approximate surface area is 130 Å². The third-order valence-electron chi connectivity index (χ3n) is 3.86. The van der Waals surface area contributed by atoms with Gasteiger partial charge in [-0.05, 0) is 6.07 Å². The summed E-state index contributed by atoms with van der Waals surface area (Å²) in [5.74, 6) is 0.546. The maximum atomic E-state index is 11.6. The Morgan fingerprint density at radius 3 is 2.57 bits per heavy atom. The van der Waals surface area contributed by atoms with Crippen LogP contribution >= 0.6 is 12.4 Å². The zero-order valence-electron chi connectivity index (χ0n) is 11.4. The lowest BCUT2D eigenvalue weighted by Gasteiger charge is -2.39. The standard InChI is InChI=1S/C13H18N2O4S.ClH/c16-20(17,18)12-9-13(15-7-5-14-6-8-15)19-11-4-2-1-3-10(11)12;/h1-4,12-14H,5-9H2,(H,16,17,18);1H. The highest BCUT2D eigenvalue weighted by Gasteiger charge is 2.38. The van der Waals surface area contributed by atoms with Crippen LogP contribution in [-0.2, 0) is 10.1 Å². The molecule has 0 radical (unpaired) electrons. The van der Waals surface area contributed by atoms with Crippen molar-refractivity contribution in [3.05, 3.63) is 29.8 Å². The molecule has 2 atom stereocenters. The highest BCUT2D eigenvalue weighted by molar-refractivity contribution is 7.86. The lowest BCUT2D eigenvalue weighted by atomic mass is 10.0. The van der Waals surface area contributed by atoms with Crippen molar-refractivity contribution in [2.45, 2.75) is 17.9 Å². The normalized spacial score (nSPS) is 26.3. The van der Waals surface area contributed by atoms with Gasteiger partial charge in [0, 0.05) is 38.2 Å². The summed E-state index contributed by atoms with van der Waals surface area (Å²) < 4.78 is 38.7. The molecular weight excluding hydrogens is 316 g/mol. The average Bonchev–Trinajstić information content (AvgIpc) is 2.46. The summed E-state index contributed by atoms with van der Waals surface area (Å²) in [5, 5.41) is 2.34. The molecule has 21 heavy (non-hydrogen) atoms. The number of nitrogens with zero attached hydrogens (tertiary/aromatic N) is 1. The molecule has 1 fully saturated rings. The predicted octanol–water partition coefficient (Wildman–Crippen LogP) is 1.05. The number of halogens is 1. The second kappa shape index (κ2) is 6.50. The first-order valence-corrected chi connectivity index (χ1v) is 8.22. The van der Waals surface area contributed by atoms with E-state index in [0.29, 0.717) is 11.3 Å². The molecule has 2 heterocycles. The molecule has 2 unspecified atom stereocenters. The maximum absolute atomic E-state index is 11.6. The van der Waals surface area contributed by atoms with Crippen LogP contribution in [0.15, 0.2) is 24.3 Å². The Bertz CT molecular complexity index is 590. The molecule has 0 amide bonds. The van der Waals surface area contributed by atoms with Gasteiger partial charge in [0.2, 0.25) is 0 Å². The number of rotatable bonds is 2. The van der Waals surface area contributed by atoms with Crippen LogP contribution in [0.1, 0.15) is 17.2 Å². The fourth-order valence-electron chi connectivity index (χ4n) is 2.83. The quantitative estimate of drug-likeness (QED) is 0.787. The van der Waals surface area contributed by atoms with Crippen molar-refractivity contribution in [2.75, 3.05) is 26.2 Å². The van der Waals surface area contributed by atoms with Crippen molar-refractivity contribution >= 4 is 22.5 Å². The molecule has 1 saturated heterocycles. The first kappa shape index (κ1) is 16.5. The second-order valence-corrected chi connectivity index (χ2v) is 6.73. The number of hydrogen-bond acceptors (Lipinski definition) is 5. The molecule has 0 aromatic heterocycles. The van der Waals surface area contributed by atoms with Gasteiger partial charge in [-0.1, -0.05) is 18.2 Å². The minimum Gasteiger partial charge on any atom is -0.475 e. The van der Waals surface area contributed by atoms with Crippen LogP contribution < -0.4 is 10.1 Å². The molecule has 2 N–H and O–H groups in total. The molecule has 0 bridgehead atoms. The van der Waals surface area contributed by atoms with E-state index in [1.165, 1.54) is 0 Å². The molecule has 2 aliphatic rings. The summed E-state index contributed by atoms with van der Waals surface area (Å²) in [5.41, 5.74) is 0.543. The van der Waals surface area contributed by atoms with Gasteiger partial charge in [-0.3, -0.25) is 9.45 Å². The van der Waals surface area contributed by atoms with Gasteiger partial charge in [0.15, 0.2) is 6.23 Å². The van der Waals surface area contributed by atoms with Crippen LogP contribution in [0.5, 0.6) is 5.75 Å². The molecule has 8 heteroatoms. The fourth-order valence-corrected chi connectivity index (χ4v) is 3.76. The molecule has 118 valence electrons. The van der Waals surface area contributed by atoms with E-state index >= 15 is 0 Å². The first-order chi connectivity index (χ1) is 9.55. The van der Waals surface area contributed by atoms with E-state index in [1.54, 1.807) is 24.3 Å². The summed E-state index contributed by atoms with van der Waals surface area (Å²) in [6, 6.07) is 7.01. The number of para-hydroxylation sites is 1. The largest absolute Gasteiger partial charge is 0.475 e. The van der Waals surface area contributed by atoms with Gasteiger partial charge in [-0.2, -0.15) is 8.42 Å². The van der Waals surface area contributed by atoms with Crippen molar-refractivity contribution in [3.8, 4) is 5.75 Å². The number of nitrogens with one attached hydrogen (secondary N) is 1.